The van der Waals surface area contributed by atoms with Crippen LogP contribution in [0.1, 0.15) is 24.0 Å². The van der Waals surface area contributed by atoms with Crippen LogP contribution < -0.4 is 62.0 Å². The van der Waals surface area contributed by atoms with E-state index >= 15 is 0 Å². The van der Waals surface area contributed by atoms with Gasteiger partial charge >= 0.3 is 0 Å². The largest absolute Gasteiger partial charge is 0.458 e. The van der Waals surface area contributed by atoms with Crippen LogP contribution in [0.25, 0.3) is 0 Å². The standard InChI is InChI=1S/C66H49B2N5O/c1-6-22-44(23-7-1)70(45-24-8-2-9-25-45)49-40-59-62-60(41-49)72(47-28-12-4-13-29-47)58-43-61-55(42-54(58)67(62)52-34-16-18-36-56(52)71(59)46-26-10-3-11-27-46)68-53-35-17-19-37-57(53)73(48-30-14-5-15-31-48)65-50-32-20-38-69-39-21-33-51(64(50)69)66(74-61)63(65)68/h1-19,22-31,34-37,40-43H,20-21,32-33,38-39H2. The maximum atomic E-state index is 7.76. The lowest BCUT2D eigenvalue weighted by Gasteiger charge is -2.47. The quantitative estimate of drug-likeness (QED) is 0.154. The van der Waals surface area contributed by atoms with Crippen molar-refractivity contribution in [3.8, 4) is 11.5 Å². The molecule has 0 unspecified atom stereocenters. The summed E-state index contributed by atoms with van der Waals surface area (Å²) in [5.41, 5.74) is 25.8. The molecule has 0 aliphatic carbocycles. The van der Waals surface area contributed by atoms with E-state index < -0.39 is 0 Å². The Morgan fingerprint density at radius 1 is 0.365 bits per heavy atom. The molecule has 0 fully saturated rings. The lowest BCUT2D eigenvalue weighted by Crippen LogP contribution is -2.64. The minimum Gasteiger partial charge on any atom is -0.458 e. The highest BCUT2D eigenvalue weighted by Crippen LogP contribution is 2.53. The van der Waals surface area contributed by atoms with Gasteiger partial charge in [-0.1, -0.05) is 133 Å². The minimum absolute atomic E-state index is 0.0394. The summed E-state index contributed by atoms with van der Waals surface area (Å²) in [5, 5.41) is 0. The van der Waals surface area contributed by atoms with Gasteiger partial charge in [-0.2, -0.15) is 0 Å². The Morgan fingerprint density at radius 2 is 0.838 bits per heavy atom. The molecule has 0 radical (unpaired) electrons. The van der Waals surface area contributed by atoms with Crippen molar-refractivity contribution >= 4 is 120 Å². The molecular weight excluding hydrogens is 900 g/mol. The van der Waals surface area contributed by atoms with Crippen LogP contribution in [0.2, 0.25) is 0 Å². The zero-order chi connectivity index (χ0) is 48.4. The van der Waals surface area contributed by atoms with Gasteiger partial charge in [0.1, 0.15) is 11.5 Å². The molecule has 6 heterocycles. The molecule has 6 aliphatic rings. The van der Waals surface area contributed by atoms with Gasteiger partial charge in [-0.05, 0) is 149 Å². The van der Waals surface area contributed by atoms with E-state index in [0.717, 1.165) is 95.8 Å². The lowest BCUT2D eigenvalue weighted by molar-refractivity contribution is 0.476. The first kappa shape index (κ1) is 41.7. The van der Waals surface area contributed by atoms with Crippen molar-refractivity contribution in [2.24, 2.45) is 0 Å². The molecule has 10 aromatic carbocycles. The second kappa shape index (κ2) is 16.3. The average Bonchev–Trinajstić information content (AvgIpc) is 3.47. The predicted octanol–water partition coefficient (Wildman–Crippen LogP) is 12.3. The highest BCUT2D eigenvalue weighted by molar-refractivity contribution is 7.02. The van der Waals surface area contributed by atoms with Crippen LogP contribution in [-0.2, 0) is 12.8 Å². The molecule has 0 saturated heterocycles. The van der Waals surface area contributed by atoms with Crippen molar-refractivity contribution in [2.45, 2.75) is 25.7 Å². The normalized spacial score (nSPS) is 14.9. The molecule has 0 aromatic heterocycles. The molecule has 0 saturated carbocycles. The summed E-state index contributed by atoms with van der Waals surface area (Å²) in [7, 11) is 0. The van der Waals surface area contributed by atoms with Crippen LogP contribution in [0.5, 0.6) is 11.5 Å². The Labute approximate surface area is 433 Å². The van der Waals surface area contributed by atoms with Gasteiger partial charge in [0.25, 0.3) is 13.4 Å². The van der Waals surface area contributed by atoms with Gasteiger partial charge in [0, 0.05) is 87.3 Å². The van der Waals surface area contributed by atoms with E-state index in [1.807, 2.05) is 0 Å². The van der Waals surface area contributed by atoms with Crippen molar-refractivity contribution in [1.82, 2.24) is 0 Å². The van der Waals surface area contributed by atoms with Gasteiger partial charge in [0.05, 0.1) is 11.4 Å². The fraction of sp³-hybridized carbons (Fsp3) is 0.0909. The van der Waals surface area contributed by atoms with Gasteiger partial charge in [-0.15, -0.1) is 0 Å². The Balaban J connectivity index is 1.00. The van der Waals surface area contributed by atoms with Gasteiger partial charge in [0.15, 0.2) is 0 Å². The van der Waals surface area contributed by atoms with E-state index in [4.69, 9.17) is 4.74 Å². The second-order valence-electron chi connectivity index (χ2n) is 20.5. The third-order valence-corrected chi connectivity index (χ3v) is 16.6. The zero-order valence-corrected chi connectivity index (χ0v) is 40.9. The number of para-hydroxylation sites is 7. The van der Waals surface area contributed by atoms with Gasteiger partial charge in [-0.3, -0.25) is 0 Å². The Kier molecular flexibility index (Phi) is 9.20. The predicted molar refractivity (Wildman–Crippen MR) is 310 cm³/mol. The Morgan fingerprint density at radius 3 is 1.42 bits per heavy atom. The number of benzene rings is 10. The molecule has 0 amide bonds. The van der Waals surface area contributed by atoms with E-state index in [-0.39, 0.29) is 13.4 Å². The van der Waals surface area contributed by atoms with Gasteiger partial charge in [-0.25, -0.2) is 0 Å². The smallest absolute Gasteiger partial charge is 0.256 e. The molecule has 6 nitrogen and oxygen atoms in total. The minimum atomic E-state index is -0.0915. The van der Waals surface area contributed by atoms with Crippen molar-refractivity contribution in [1.29, 1.82) is 0 Å². The number of hydrogen-bond acceptors (Lipinski definition) is 6. The van der Waals surface area contributed by atoms with Crippen LogP contribution >= 0.6 is 0 Å². The van der Waals surface area contributed by atoms with Crippen molar-refractivity contribution < 1.29 is 4.74 Å². The molecular formula is C66H49B2N5O. The van der Waals surface area contributed by atoms with Gasteiger partial charge < -0.3 is 29.2 Å². The zero-order valence-electron chi connectivity index (χ0n) is 40.9. The summed E-state index contributed by atoms with van der Waals surface area (Å²) in [6, 6.07) is 82.8. The van der Waals surface area contributed by atoms with E-state index in [9.17, 15) is 0 Å². The molecule has 0 bridgehead atoms. The van der Waals surface area contributed by atoms with Crippen LogP contribution in [0, 0.1) is 0 Å². The number of nitrogens with zero attached hydrogens (tertiary/aromatic N) is 5. The first-order valence-corrected chi connectivity index (χ1v) is 26.4. The fourth-order valence-electron chi connectivity index (χ4n) is 13.8. The molecule has 0 atom stereocenters. The highest BCUT2D eigenvalue weighted by atomic mass is 16.5. The first-order chi connectivity index (χ1) is 36.8. The summed E-state index contributed by atoms with van der Waals surface area (Å²) >= 11 is 0. The summed E-state index contributed by atoms with van der Waals surface area (Å²) in [6.07, 6.45) is 4.32. The van der Waals surface area contributed by atoms with E-state index in [0.29, 0.717) is 0 Å². The number of fused-ring (bicyclic) bond motifs is 10. The van der Waals surface area contributed by atoms with E-state index in [1.54, 1.807) is 0 Å². The summed E-state index contributed by atoms with van der Waals surface area (Å²) in [6.45, 7) is 2.03. The maximum Gasteiger partial charge on any atom is 0.256 e. The van der Waals surface area contributed by atoms with Crippen LogP contribution in [0.3, 0.4) is 0 Å². The number of ether oxygens (including phenoxy) is 1. The van der Waals surface area contributed by atoms with E-state index in [1.165, 1.54) is 72.3 Å². The molecule has 0 N–H and O–H groups in total. The number of rotatable bonds is 6. The Bertz CT molecular complexity index is 3840. The maximum absolute atomic E-state index is 7.76. The topological polar surface area (TPSA) is 25.4 Å². The van der Waals surface area contributed by atoms with Crippen molar-refractivity contribution in [3.05, 3.63) is 236 Å². The molecule has 10 aromatic rings. The van der Waals surface area contributed by atoms with Gasteiger partial charge in [0.2, 0.25) is 0 Å². The summed E-state index contributed by atoms with van der Waals surface area (Å²) in [4.78, 5) is 12.7. The summed E-state index contributed by atoms with van der Waals surface area (Å²) in [5.74, 6) is 2.00. The average molecular weight is 950 g/mol. The molecule has 0 spiro atoms. The highest BCUT2D eigenvalue weighted by Gasteiger charge is 2.50. The molecule has 8 heteroatoms. The van der Waals surface area contributed by atoms with Crippen LogP contribution in [0.4, 0.5) is 73.9 Å². The monoisotopic (exact) mass is 949 g/mol. The summed E-state index contributed by atoms with van der Waals surface area (Å²) < 4.78 is 7.76. The number of anilines is 13. The molecule has 350 valence electrons. The van der Waals surface area contributed by atoms with Crippen LogP contribution in [-0.4, -0.2) is 26.5 Å². The third-order valence-electron chi connectivity index (χ3n) is 16.6. The first-order valence-electron chi connectivity index (χ1n) is 26.4. The molecule has 74 heavy (non-hydrogen) atoms. The van der Waals surface area contributed by atoms with Crippen molar-refractivity contribution in [3.63, 3.8) is 0 Å². The molecule has 6 aliphatic heterocycles. The SMILES string of the molecule is c1ccc(N(c2ccccc2)c2cc3c4c(c2)N(c2ccccc2)c2cc5c(cc2B4c2ccccc2N3c2ccccc2)B2c3ccccc3N(c3ccccc3)c3c4c6c(c(c32)O5)CCCN6CCC4)cc1. The lowest BCUT2D eigenvalue weighted by atomic mass is 9.30. The third kappa shape index (κ3) is 6.02. The second-order valence-corrected chi connectivity index (χ2v) is 20.5. The van der Waals surface area contributed by atoms with Crippen LogP contribution in [0.15, 0.2) is 224 Å². The van der Waals surface area contributed by atoms with E-state index in [2.05, 4.69) is 249 Å². The Hall–Kier alpha value is -8.87. The molecule has 16 rings (SSSR count). The fourth-order valence-corrected chi connectivity index (χ4v) is 13.8. The van der Waals surface area contributed by atoms with Crippen molar-refractivity contribution in [2.75, 3.05) is 37.6 Å². The number of hydrogen-bond donors (Lipinski definition) is 0.